The number of hydrogen-bond donors (Lipinski definition) is 0. The van der Waals surface area contributed by atoms with E-state index in [0.717, 1.165) is 28.3 Å². The molecule has 0 saturated carbocycles. The SMILES string of the molecule is COc1ccc2sc(=NC(=O)c3ccccc3OC)n(CCSC)c2c1. The monoisotopic (exact) mass is 388 g/mol. The zero-order valence-corrected chi connectivity index (χ0v) is 16.5. The molecule has 0 fully saturated rings. The van der Waals surface area contributed by atoms with E-state index in [1.165, 1.54) is 11.3 Å². The Labute approximate surface area is 160 Å². The fourth-order valence-corrected chi connectivity index (χ4v) is 4.03. The fourth-order valence-electron chi connectivity index (χ4n) is 2.63. The zero-order chi connectivity index (χ0) is 18.5. The second kappa shape index (κ2) is 8.42. The number of ether oxygens (including phenoxy) is 2. The highest BCUT2D eigenvalue weighted by Crippen LogP contribution is 2.24. The van der Waals surface area contributed by atoms with Gasteiger partial charge in [-0.05, 0) is 30.5 Å². The van der Waals surface area contributed by atoms with E-state index < -0.39 is 0 Å². The summed E-state index contributed by atoms with van der Waals surface area (Å²) in [5, 5.41) is 0. The molecule has 5 nitrogen and oxygen atoms in total. The Morgan fingerprint density at radius 2 is 2.00 bits per heavy atom. The first-order valence-corrected chi connectivity index (χ1v) is 10.3. The van der Waals surface area contributed by atoms with E-state index in [0.29, 0.717) is 16.1 Å². The molecule has 0 atom stereocenters. The maximum atomic E-state index is 12.7. The molecule has 0 bridgehead atoms. The lowest BCUT2D eigenvalue weighted by molar-refractivity contribution is 0.0995. The summed E-state index contributed by atoms with van der Waals surface area (Å²) in [4.78, 5) is 17.8. The van der Waals surface area contributed by atoms with E-state index >= 15 is 0 Å². The lowest BCUT2D eigenvalue weighted by atomic mass is 10.2. The maximum Gasteiger partial charge on any atom is 0.283 e. The number of aromatic nitrogens is 1. The molecule has 0 radical (unpaired) electrons. The van der Waals surface area contributed by atoms with Gasteiger partial charge in [0.25, 0.3) is 5.91 Å². The Hall–Kier alpha value is -2.25. The summed E-state index contributed by atoms with van der Waals surface area (Å²) < 4.78 is 13.8. The van der Waals surface area contributed by atoms with Crippen LogP contribution < -0.4 is 14.3 Å². The van der Waals surface area contributed by atoms with Gasteiger partial charge < -0.3 is 14.0 Å². The molecule has 0 aliphatic rings. The number of hydrogen-bond acceptors (Lipinski definition) is 5. The molecule has 1 amide bonds. The largest absolute Gasteiger partial charge is 0.497 e. The number of rotatable bonds is 6. The van der Waals surface area contributed by atoms with Gasteiger partial charge in [-0.2, -0.15) is 16.8 Å². The number of para-hydroxylation sites is 1. The summed E-state index contributed by atoms with van der Waals surface area (Å²) in [7, 11) is 3.20. The van der Waals surface area contributed by atoms with E-state index in [9.17, 15) is 4.79 Å². The number of aryl methyl sites for hydroxylation is 1. The third kappa shape index (κ3) is 3.78. The van der Waals surface area contributed by atoms with E-state index in [1.807, 2.05) is 30.3 Å². The average molecular weight is 389 g/mol. The Morgan fingerprint density at radius 1 is 1.19 bits per heavy atom. The molecule has 1 aromatic heterocycles. The van der Waals surface area contributed by atoms with Crippen LogP contribution in [0.3, 0.4) is 0 Å². The van der Waals surface area contributed by atoms with Crippen molar-refractivity contribution in [3.8, 4) is 11.5 Å². The van der Waals surface area contributed by atoms with E-state index in [2.05, 4.69) is 15.8 Å². The highest BCUT2D eigenvalue weighted by Gasteiger charge is 2.13. The highest BCUT2D eigenvalue weighted by molar-refractivity contribution is 7.98. The Kier molecular flexibility index (Phi) is 6.00. The Balaban J connectivity index is 2.13. The van der Waals surface area contributed by atoms with Crippen molar-refractivity contribution in [3.63, 3.8) is 0 Å². The van der Waals surface area contributed by atoms with Crippen molar-refractivity contribution in [2.45, 2.75) is 6.54 Å². The number of nitrogens with zero attached hydrogens (tertiary/aromatic N) is 2. The first-order chi connectivity index (χ1) is 12.7. The molecule has 3 rings (SSSR count). The Morgan fingerprint density at radius 3 is 2.73 bits per heavy atom. The lowest BCUT2D eigenvalue weighted by Gasteiger charge is -2.06. The summed E-state index contributed by atoms with van der Waals surface area (Å²) >= 11 is 3.25. The van der Waals surface area contributed by atoms with Crippen molar-refractivity contribution in [2.75, 3.05) is 26.2 Å². The standard InChI is InChI=1S/C19H20N2O3S2/c1-23-13-8-9-17-15(12-13)21(10-11-25-3)19(26-17)20-18(22)14-6-4-5-7-16(14)24-2/h4-9,12H,10-11H2,1-3H3. The lowest BCUT2D eigenvalue weighted by Crippen LogP contribution is -2.18. The van der Waals surface area contributed by atoms with Crippen molar-refractivity contribution >= 4 is 39.2 Å². The van der Waals surface area contributed by atoms with Crippen LogP contribution in [0.5, 0.6) is 11.5 Å². The second-order valence-corrected chi connectivity index (χ2v) is 7.47. The van der Waals surface area contributed by atoms with E-state index in [-0.39, 0.29) is 5.91 Å². The molecule has 26 heavy (non-hydrogen) atoms. The number of carbonyl (C=O) groups excluding carboxylic acids is 1. The van der Waals surface area contributed by atoms with Gasteiger partial charge in [-0.25, -0.2) is 0 Å². The summed E-state index contributed by atoms with van der Waals surface area (Å²) in [6.45, 7) is 0.770. The molecule has 7 heteroatoms. The maximum absolute atomic E-state index is 12.7. The minimum Gasteiger partial charge on any atom is -0.497 e. The number of methoxy groups -OCH3 is 2. The molecule has 0 unspecified atom stereocenters. The number of carbonyl (C=O) groups is 1. The summed E-state index contributed by atoms with van der Waals surface area (Å²) in [5.41, 5.74) is 1.48. The van der Waals surface area contributed by atoms with Crippen LogP contribution in [0, 0.1) is 0 Å². The van der Waals surface area contributed by atoms with Gasteiger partial charge in [0.2, 0.25) is 0 Å². The van der Waals surface area contributed by atoms with Gasteiger partial charge in [0.05, 0.1) is 30.0 Å². The second-order valence-electron chi connectivity index (χ2n) is 5.48. The number of thioether (sulfide) groups is 1. The average Bonchev–Trinajstić information content (AvgIpc) is 3.02. The number of fused-ring (bicyclic) bond motifs is 1. The van der Waals surface area contributed by atoms with Crippen LogP contribution in [0.15, 0.2) is 47.5 Å². The van der Waals surface area contributed by atoms with Gasteiger partial charge >= 0.3 is 0 Å². The molecule has 0 aliphatic carbocycles. The molecule has 136 valence electrons. The minimum absolute atomic E-state index is 0.307. The van der Waals surface area contributed by atoms with Gasteiger partial charge in [0.1, 0.15) is 11.5 Å². The predicted molar refractivity (Wildman–Crippen MR) is 108 cm³/mol. The molecular formula is C19H20N2O3S2. The van der Waals surface area contributed by atoms with Gasteiger partial charge in [-0.3, -0.25) is 4.79 Å². The first-order valence-electron chi connectivity index (χ1n) is 8.06. The van der Waals surface area contributed by atoms with Crippen molar-refractivity contribution in [1.82, 2.24) is 4.57 Å². The zero-order valence-electron chi connectivity index (χ0n) is 14.9. The molecule has 0 aliphatic heterocycles. The predicted octanol–water partition coefficient (Wildman–Crippen LogP) is 3.82. The summed E-state index contributed by atoms with van der Waals surface area (Å²) in [5.74, 6) is 1.94. The van der Waals surface area contributed by atoms with Gasteiger partial charge in [-0.15, -0.1) is 0 Å². The highest BCUT2D eigenvalue weighted by atomic mass is 32.2. The van der Waals surface area contributed by atoms with Crippen LogP contribution in [0.4, 0.5) is 0 Å². The fraction of sp³-hybridized carbons (Fsp3) is 0.263. The van der Waals surface area contributed by atoms with Crippen molar-refractivity contribution in [2.24, 2.45) is 4.99 Å². The third-order valence-electron chi connectivity index (χ3n) is 3.94. The molecule has 2 aromatic carbocycles. The van der Waals surface area contributed by atoms with Crippen molar-refractivity contribution in [1.29, 1.82) is 0 Å². The van der Waals surface area contributed by atoms with Crippen LogP contribution in [0.25, 0.3) is 10.2 Å². The molecule has 3 aromatic rings. The number of amides is 1. The smallest absolute Gasteiger partial charge is 0.283 e. The van der Waals surface area contributed by atoms with E-state index in [4.69, 9.17) is 9.47 Å². The van der Waals surface area contributed by atoms with Gasteiger partial charge in [0, 0.05) is 18.4 Å². The first kappa shape index (κ1) is 18.5. The molecular weight excluding hydrogens is 368 g/mol. The van der Waals surface area contributed by atoms with Crippen LogP contribution >= 0.6 is 23.1 Å². The van der Waals surface area contributed by atoms with Crippen LogP contribution in [0.1, 0.15) is 10.4 Å². The normalized spacial score (nSPS) is 11.7. The third-order valence-corrected chi connectivity index (χ3v) is 5.59. The number of benzene rings is 2. The van der Waals surface area contributed by atoms with Gasteiger partial charge in [0.15, 0.2) is 4.80 Å². The van der Waals surface area contributed by atoms with Crippen molar-refractivity contribution < 1.29 is 14.3 Å². The topological polar surface area (TPSA) is 52.8 Å². The molecule has 1 heterocycles. The quantitative estimate of drug-likeness (QED) is 0.644. The van der Waals surface area contributed by atoms with Crippen LogP contribution in [-0.2, 0) is 6.54 Å². The Bertz CT molecular complexity index is 992. The van der Waals surface area contributed by atoms with Gasteiger partial charge in [-0.1, -0.05) is 23.5 Å². The summed E-state index contributed by atoms with van der Waals surface area (Å²) in [6, 6.07) is 13.0. The molecule has 0 saturated heterocycles. The molecule has 0 N–H and O–H groups in total. The van der Waals surface area contributed by atoms with E-state index in [1.54, 1.807) is 38.1 Å². The van der Waals surface area contributed by atoms with Crippen LogP contribution in [0.2, 0.25) is 0 Å². The van der Waals surface area contributed by atoms with Crippen LogP contribution in [-0.4, -0.2) is 36.7 Å². The van der Waals surface area contributed by atoms with Crippen molar-refractivity contribution in [3.05, 3.63) is 52.8 Å². The summed E-state index contributed by atoms with van der Waals surface area (Å²) in [6.07, 6.45) is 2.06. The minimum atomic E-state index is -0.307. The number of thiazole rings is 1. The molecule has 0 spiro atoms.